The van der Waals surface area contributed by atoms with Crippen LogP contribution in [0, 0.1) is 5.82 Å². The number of nitrogens with zero attached hydrogens (tertiary/aromatic N) is 3. The second kappa shape index (κ2) is 11.4. The zero-order chi connectivity index (χ0) is 31.1. The zero-order valence-corrected chi connectivity index (χ0v) is 25.4. The van der Waals surface area contributed by atoms with E-state index >= 15 is 4.39 Å². The molecule has 3 heterocycles. The average Bonchev–Trinajstić information content (AvgIpc) is 3.31. The van der Waals surface area contributed by atoms with E-state index < -0.39 is 55.7 Å². The van der Waals surface area contributed by atoms with E-state index in [1.807, 2.05) is 0 Å². The van der Waals surface area contributed by atoms with Gasteiger partial charge in [0.05, 0.1) is 32.3 Å². The highest BCUT2D eigenvalue weighted by molar-refractivity contribution is 7.96. The van der Waals surface area contributed by atoms with Crippen LogP contribution in [0.15, 0.2) is 45.9 Å². The molecule has 1 aromatic carbocycles. The number of aliphatic imine (C=N–C) groups is 1. The Labute approximate surface area is 244 Å². The van der Waals surface area contributed by atoms with Crippen molar-refractivity contribution in [2.24, 2.45) is 9.36 Å². The van der Waals surface area contributed by atoms with Crippen molar-refractivity contribution in [2.75, 3.05) is 13.2 Å². The molecule has 0 saturated carbocycles. The fraction of sp³-hybridized carbons (Fsp3) is 0.533. The van der Waals surface area contributed by atoms with E-state index in [0.29, 0.717) is 24.2 Å². The SMILES string of the molecule is CC(C)(C)OC(=O)CC1=N[C@](C)(c2cc(CC(=O)c3ccc(OCC(F)F)cn3)ccc2F)[C@@H]2CCN=[S@]2(=O)C1(C)C. The van der Waals surface area contributed by atoms with Crippen LogP contribution in [-0.4, -0.2) is 61.8 Å². The van der Waals surface area contributed by atoms with Gasteiger partial charge in [0.1, 0.15) is 35.0 Å². The number of alkyl halides is 2. The van der Waals surface area contributed by atoms with Gasteiger partial charge < -0.3 is 9.47 Å². The van der Waals surface area contributed by atoms with Crippen LogP contribution in [0.3, 0.4) is 0 Å². The Morgan fingerprint density at radius 3 is 2.45 bits per heavy atom. The van der Waals surface area contributed by atoms with Gasteiger partial charge in [-0.15, -0.1) is 0 Å². The summed E-state index contributed by atoms with van der Waals surface area (Å²) in [6, 6.07) is 7.02. The van der Waals surface area contributed by atoms with Crippen LogP contribution >= 0.6 is 0 Å². The first-order valence-electron chi connectivity index (χ1n) is 13.7. The standard InChI is InChI=1S/C30H36F3N3O5S/c1-28(2,3)41-27(38)15-24-29(4,5)42(39)25(11-12-35-42)30(6,36-24)20-13-18(7-9-21(20)31)14-23(37)22-10-8-19(16-34-22)40-17-26(32)33/h7-10,13,16,25-26H,11-12,14-15,17H2,1-6H3/t25-,30+,42+/m0/s1. The number of Topliss-reactive ketones (excluding diaryl/α,β-unsaturated/α-hetero) is 1. The Hall–Kier alpha value is -3.28. The predicted molar refractivity (Wildman–Crippen MR) is 153 cm³/mol. The smallest absolute Gasteiger partial charge is 0.312 e. The topological polar surface area (TPSA) is 107 Å². The van der Waals surface area contributed by atoms with E-state index in [-0.39, 0.29) is 35.6 Å². The molecule has 2 aliphatic heterocycles. The van der Waals surface area contributed by atoms with E-state index in [2.05, 4.69) is 9.35 Å². The number of rotatable bonds is 9. The van der Waals surface area contributed by atoms with Crippen molar-refractivity contribution in [3.8, 4) is 5.75 Å². The largest absolute Gasteiger partial charge is 0.486 e. The van der Waals surface area contributed by atoms with E-state index in [9.17, 15) is 22.6 Å². The van der Waals surface area contributed by atoms with Crippen molar-refractivity contribution in [2.45, 2.75) is 88.4 Å². The Morgan fingerprint density at radius 1 is 1.12 bits per heavy atom. The van der Waals surface area contributed by atoms with E-state index in [4.69, 9.17) is 14.5 Å². The maximum atomic E-state index is 15.6. The van der Waals surface area contributed by atoms with Gasteiger partial charge in [0.25, 0.3) is 6.43 Å². The van der Waals surface area contributed by atoms with Gasteiger partial charge in [-0.1, -0.05) is 6.07 Å². The van der Waals surface area contributed by atoms with E-state index in [1.165, 1.54) is 30.5 Å². The summed E-state index contributed by atoms with van der Waals surface area (Å²) < 4.78 is 68.7. The second-order valence-corrected chi connectivity index (χ2v) is 15.2. The van der Waals surface area contributed by atoms with Crippen LogP contribution in [-0.2, 0) is 31.2 Å². The third kappa shape index (κ3) is 6.23. The maximum absolute atomic E-state index is 15.6. The molecule has 2 aromatic rings. The number of hydrogen-bond donors (Lipinski definition) is 0. The number of fused-ring (bicyclic) bond motifs is 1. The van der Waals surface area contributed by atoms with Gasteiger partial charge in [-0.25, -0.2) is 26.7 Å². The van der Waals surface area contributed by atoms with Crippen LogP contribution in [0.1, 0.15) is 76.0 Å². The normalized spacial score (nSPS) is 24.9. The fourth-order valence-corrected chi connectivity index (χ4v) is 8.73. The molecule has 42 heavy (non-hydrogen) atoms. The summed E-state index contributed by atoms with van der Waals surface area (Å²) in [4.78, 5) is 34.8. The fourth-order valence-electron chi connectivity index (χ4n) is 5.46. The molecule has 0 bridgehead atoms. The van der Waals surface area contributed by atoms with E-state index in [0.717, 1.165) is 0 Å². The number of aromatic nitrogens is 1. The van der Waals surface area contributed by atoms with Crippen LogP contribution in [0.25, 0.3) is 0 Å². The van der Waals surface area contributed by atoms with Gasteiger partial charge in [-0.3, -0.25) is 14.6 Å². The number of ether oxygens (including phenoxy) is 2. The molecule has 0 amide bonds. The molecule has 2 aliphatic rings. The number of ketones is 1. The first-order valence-corrected chi connectivity index (χ1v) is 15.3. The minimum Gasteiger partial charge on any atom is -0.486 e. The number of esters is 1. The van der Waals surface area contributed by atoms with Crippen molar-refractivity contribution in [3.05, 3.63) is 59.2 Å². The highest BCUT2D eigenvalue weighted by Gasteiger charge is 2.57. The average molecular weight is 608 g/mol. The monoisotopic (exact) mass is 607 g/mol. The summed E-state index contributed by atoms with van der Waals surface area (Å²) in [5.74, 6) is -1.39. The van der Waals surface area contributed by atoms with Gasteiger partial charge in [0.2, 0.25) is 0 Å². The van der Waals surface area contributed by atoms with Crippen LogP contribution in [0.5, 0.6) is 5.75 Å². The first-order chi connectivity index (χ1) is 19.5. The van der Waals surface area contributed by atoms with Gasteiger partial charge in [0.15, 0.2) is 5.78 Å². The molecule has 0 spiro atoms. The molecular formula is C30H36F3N3O5S. The molecule has 4 rings (SSSR count). The number of halogens is 3. The van der Waals surface area contributed by atoms with E-state index in [1.54, 1.807) is 47.6 Å². The summed E-state index contributed by atoms with van der Waals surface area (Å²) in [6.07, 6.45) is -1.37. The number of pyridine rings is 1. The van der Waals surface area contributed by atoms with Crippen LogP contribution in [0.2, 0.25) is 0 Å². The third-order valence-corrected chi connectivity index (χ3v) is 11.3. The minimum absolute atomic E-state index is 0.0891. The lowest BCUT2D eigenvalue weighted by Gasteiger charge is -2.46. The quantitative estimate of drug-likeness (QED) is 0.267. The molecule has 0 unspecified atom stereocenters. The van der Waals surface area contributed by atoms with Gasteiger partial charge in [-0.2, -0.15) is 0 Å². The molecule has 0 fully saturated rings. The lowest BCUT2D eigenvalue weighted by Crippen LogP contribution is -2.56. The van der Waals surface area contributed by atoms with Crippen molar-refractivity contribution in [3.63, 3.8) is 0 Å². The van der Waals surface area contributed by atoms with Crippen molar-refractivity contribution >= 4 is 27.2 Å². The molecule has 1 aromatic heterocycles. The summed E-state index contributed by atoms with van der Waals surface area (Å²) in [6.45, 7) is 9.99. The zero-order valence-electron chi connectivity index (χ0n) is 24.6. The summed E-state index contributed by atoms with van der Waals surface area (Å²) in [5, 5.41) is -0.620. The lowest BCUT2D eigenvalue weighted by atomic mass is 9.84. The summed E-state index contributed by atoms with van der Waals surface area (Å²) >= 11 is 0. The molecule has 0 aliphatic carbocycles. The molecule has 0 radical (unpaired) electrons. The lowest BCUT2D eigenvalue weighted by molar-refractivity contribution is -0.153. The molecule has 8 nitrogen and oxygen atoms in total. The Kier molecular flexibility index (Phi) is 8.61. The highest BCUT2D eigenvalue weighted by Crippen LogP contribution is 2.49. The molecule has 3 atom stereocenters. The second-order valence-electron chi connectivity index (χ2n) is 12.2. The highest BCUT2D eigenvalue weighted by atomic mass is 32.2. The molecular weight excluding hydrogens is 571 g/mol. The third-order valence-electron chi connectivity index (χ3n) is 7.55. The van der Waals surface area contributed by atoms with Gasteiger partial charge >= 0.3 is 5.97 Å². The van der Waals surface area contributed by atoms with Crippen molar-refractivity contribution in [1.29, 1.82) is 0 Å². The molecule has 0 saturated heterocycles. The summed E-state index contributed by atoms with van der Waals surface area (Å²) in [5.41, 5.74) is -1.01. The Bertz CT molecular complexity index is 1530. The maximum Gasteiger partial charge on any atom is 0.312 e. The molecule has 228 valence electrons. The van der Waals surface area contributed by atoms with Crippen LogP contribution < -0.4 is 4.74 Å². The van der Waals surface area contributed by atoms with Crippen LogP contribution in [0.4, 0.5) is 13.2 Å². The van der Waals surface area contributed by atoms with Crippen molar-refractivity contribution in [1.82, 2.24) is 4.98 Å². The number of hydrogen-bond acceptors (Lipinski definition) is 8. The Balaban J connectivity index is 1.68. The van der Waals surface area contributed by atoms with Crippen molar-refractivity contribution < 1.29 is 36.4 Å². The van der Waals surface area contributed by atoms with Gasteiger partial charge in [-0.05, 0) is 77.8 Å². The first kappa shape index (κ1) is 31.7. The molecule has 0 N–H and O–H groups in total. The number of benzene rings is 1. The minimum atomic E-state index is -2.99. The number of carbonyl (C=O) groups excluding carboxylic acids is 2. The summed E-state index contributed by atoms with van der Waals surface area (Å²) in [7, 11) is -2.99. The predicted octanol–water partition coefficient (Wildman–Crippen LogP) is 5.71. The van der Waals surface area contributed by atoms with Gasteiger partial charge in [0, 0.05) is 24.2 Å². The Morgan fingerprint density at radius 2 is 1.83 bits per heavy atom. The number of carbonyl (C=O) groups is 2. The molecule has 12 heteroatoms.